The number of benzene rings is 1. The lowest BCUT2D eigenvalue weighted by atomic mass is 10.2. The number of hydrogen-bond donors (Lipinski definition) is 0. The first-order chi connectivity index (χ1) is 7.38. The van der Waals surface area contributed by atoms with Crippen molar-refractivity contribution in [3.8, 4) is 11.5 Å². The molecule has 2 nitrogen and oxygen atoms in total. The normalized spacial score (nSPS) is 9.93. The first-order valence-corrected chi connectivity index (χ1v) is 5.05. The van der Waals surface area contributed by atoms with Gasteiger partial charge in [-0.2, -0.15) is 0 Å². The second-order valence-corrected chi connectivity index (χ2v) is 3.29. The largest absolute Gasteiger partial charge is 0.456 e. The molecule has 0 saturated carbocycles. The van der Waals surface area contributed by atoms with Crippen LogP contribution in [-0.2, 0) is 6.42 Å². The molecule has 0 aliphatic rings. The van der Waals surface area contributed by atoms with Gasteiger partial charge in [0.2, 0.25) is 0 Å². The Labute approximate surface area is 89.6 Å². The molecule has 0 spiro atoms. The molecule has 0 N–H and O–H groups in total. The van der Waals surface area contributed by atoms with Crippen molar-refractivity contribution in [1.29, 1.82) is 0 Å². The molecule has 1 aromatic carbocycles. The van der Waals surface area contributed by atoms with E-state index in [1.165, 1.54) is 5.56 Å². The molecule has 0 radical (unpaired) electrons. The van der Waals surface area contributed by atoms with Crippen molar-refractivity contribution in [3.63, 3.8) is 0 Å². The van der Waals surface area contributed by atoms with Crippen LogP contribution in [0.15, 0.2) is 48.8 Å². The number of pyridine rings is 1. The molecule has 0 amide bonds. The standard InChI is InChI=1S/C13H13NO/c1-2-11-5-7-12(8-6-11)15-13-4-3-9-14-10-13/h3-10H,2H2,1H3. The van der Waals surface area contributed by atoms with Crippen molar-refractivity contribution in [2.75, 3.05) is 0 Å². The van der Waals surface area contributed by atoms with Crippen LogP contribution in [0.3, 0.4) is 0 Å². The average molecular weight is 199 g/mol. The van der Waals surface area contributed by atoms with Gasteiger partial charge in [-0.3, -0.25) is 4.98 Å². The Morgan fingerprint density at radius 1 is 1.07 bits per heavy atom. The van der Waals surface area contributed by atoms with Crippen LogP contribution >= 0.6 is 0 Å². The summed E-state index contributed by atoms with van der Waals surface area (Å²) in [6.07, 6.45) is 4.48. The number of hydrogen-bond acceptors (Lipinski definition) is 2. The Morgan fingerprint density at radius 2 is 1.87 bits per heavy atom. The smallest absolute Gasteiger partial charge is 0.145 e. The lowest BCUT2D eigenvalue weighted by Gasteiger charge is -2.05. The Balaban J connectivity index is 2.11. The van der Waals surface area contributed by atoms with Crippen LogP contribution < -0.4 is 4.74 Å². The molecule has 2 aromatic rings. The predicted octanol–water partition coefficient (Wildman–Crippen LogP) is 3.44. The summed E-state index contributed by atoms with van der Waals surface area (Å²) in [5.74, 6) is 1.61. The topological polar surface area (TPSA) is 22.1 Å². The minimum absolute atomic E-state index is 0.766. The summed E-state index contributed by atoms with van der Waals surface area (Å²) in [7, 11) is 0. The summed E-state index contributed by atoms with van der Waals surface area (Å²) < 4.78 is 5.62. The third kappa shape index (κ3) is 2.56. The van der Waals surface area contributed by atoms with E-state index in [1.807, 2.05) is 24.3 Å². The first-order valence-electron chi connectivity index (χ1n) is 5.05. The van der Waals surface area contributed by atoms with Crippen molar-refractivity contribution in [2.45, 2.75) is 13.3 Å². The maximum atomic E-state index is 5.62. The van der Waals surface area contributed by atoms with E-state index in [1.54, 1.807) is 12.4 Å². The van der Waals surface area contributed by atoms with Crippen LogP contribution in [-0.4, -0.2) is 4.98 Å². The summed E-state index contributed by atoms with van der Waals surface area (Å²) >= 11 is 0. The van der Waals surface area contributed by atoms with Crippen molar-refractivity contribution < 1.29 is 4.74 Å². The molecule has 0 aliphatic heterocycles. The molecule has 0 atom stereocenters. The van der Waals surface area contributed by atoms with Crippen LogP contribution in [0.4, 0.5) is 0 Å². The highest BCUT2D eigenvalue weighted by Gasteiger charge is 1.96. The van der Waals surface area contributed by atoms with Crippen molar-refractivity contribution >= 4 is 0 Å². The summed E-state index contributed by atoms with van der Waals surface area (Å²) in [6.45, 7) is 2.14. The highest BCUT2D eigenvalue weighted by molar-refractivity contribution is 5.31. The number of aryl methyl sites for hydroxylation is 1. The van der Waals surface area contributed by atoms with E-state index >= 15 is 0 Å². The van der Waals surface area contributed by atoms with Gasteiger partial charge >= 0.3 is 0 Å². The second kappa shape index (κ2) is 4.60. The first kappa shape index (κ1) is 9.71. The molecule has 1 heterocycles. The molecule has 2 rings (SSSR count). The van der Waals surface area contributed by atoms with Gasteiger partial charge in [-0.15, -0.1) is 0 Å². The van der Waals surface area contributed by atoms with Crippen LogP contribution in [0.5, 0.6) is 11.5 Å². The molecular formula is C13H13NO. The zero-order chi connectivity index (χ0) is 10.5. The maximum absolute atomic E-state index is 5.62. The molecule has 76 valence electrons. The molecule has 2 heteroatoms. The second-order valence-electron chi connectivity index (χ2n) is 3.29. The van der Waals surface area contributed by atoms with E-state index in [2.05, 4.69) is 24.0 Å². The summed E-state index contributed by atoms with van der Waals surface area (Å²) in [4.78, 5) is 3.99. The minimum Gasteiger partial charge on any atom is -0.456 e. The summed E-state index contributed by atoms with van der Waals surface area (Å²) in [5.41, 5.74) is 1.31. The van der Waals surface area contributed by atoms with Gasteiger partial charge in [0.05, 0.1) is 6.20 Å². The molecule has 1 aromatic heterocycles. The fraction of sp³-hybridized carbons (Fsp3) is 0.154. The highest BCUT2D eigenvalue weighted by atomic mass is 16.5. The van der Waals surface area contributed by atoms with Gasteiger partial charge in [0.1, 0.15) is 11.5 Å². The van der Waals surface area contributed by atoms with Gasteiger partial charge < -0.3 is 4.74 Å². The fourth-order valence-electron chi connectivity index (χ4n) is 1.34. The van der Waals surface area contributed by atoms with Crippen LogP contribution in [0.2, 0.25) is 0 Å². The zero-order valence-corrected chi connectivity index (χ0v) is 8.68. The molecule has 0 bridgehead atoms. The van der Waals surface area contributed by atoms with Gasteiger partial charge in [-0.05, 0) is 36.2 Å². The van der Waals surface area contributed by atoms with E-state index in [9.17, 15) is 0 Å². The number of nitrogens with zero attached hydrogens (tertiary/aromatic N) is 1. The Bertz CT molecular complexity index is 408. The van der Waals surface area contributed by atoms with Gasteiger partial charge in [0.25, 0.3) is 0 Å². The van der Waals surface area contributed by atoms with Crippen LogP contribution in [0.25, 0.3) is 0 Å². The fourth-order valence-corrected chi connectivity index (χ4v) is 1.34. The van der Waals surface area contributed by atoms with Gasteiger partial charge in [0.15, 0.2) is 0 Å². The Kier molecular flexibility index (Phi) is 2.98. The third-order valence-corrected chi connectivity index (χ3v) is 2.20. The lowest BCUT2D eigenvalue weighted by molar-refractivity contribution is 0.480. The predicted molar refractivity (Wildman–Crippen MR) is 60.1 cm³/mol. The van der Waals surface area contributed by atoms with Gasteiger partial charge in [-0.25, -0.2) is 0 Å². The summed E-state index contributed by atoms with van der Waals surface area (Å²) in [6, 6.07) is 11.9. The van der Waals surface area contributed by atoms with Gasteiger partial charge in [-0.1, -0.05) is 19.1 Å². The quantitative estimate of drug-likeness (QED) is 0.755. The van der Waals surface area contributed by atoms with E-state index < -0.39 is 0 Å². The summed E-state index contributed by atoms with van der Waals surface area (Å²) in [5, 5.41) is 0. The molecule has 0 saturated heterocycles. The zero-order valence-electron chi connectivity index (χ0n) is 8.68. The van der Waals surface area contributed by atoms with Crippen LogP contribution in [0.1, 0.15) is 12.5 Å². The molecule has 15 heavy (non-hydrogen) atoms. The van der Waals surface area contributed by atoms with Crippen molar-refractivity contribution in [3.05, 3.63) is 54.4 Å². The average Bonchev–Trinajstić information content (AvgIpc) is 2.31. The van der Waals surface area contributed by atoms with E-state index in [0.717, 1.165) is 17.9 Å². The number of aromatic nitrogens is 1. The number of ether oxygens (including phenoxy) is 1. The monoisotopic (exact) mass is 199 g/mol. The minimum atomic E-state index is 0.766. The Hall–Kier alpha value is -1.83. The molecule has 0 fully saturated rings. The number of rotatable bonds is 3. The van der Waals surface area contributed by atoms with E-state index in [4.69, 9.17) is 4.74 Å². The maximum Gasteiger partial charge on any atom is 0.145 e. The van der Waals surface area contributed by atoms with E-state index in [-0.39, 0.29) is 0 Å². The van der Waals surface area contributed by atoms with E-state index in [0.29, 0.717) is 0 Å². The molecule has 0 aliphatic carbocycles. The highest BCUT2D eigenvalue weighted by Crippen LogP contribution is 2.20. The lowest BCUT2D eigenvalue weighted by Crippen LogP contribution is -1.85. The SMILES string of the molecule is CCc1ccc(Oc2cccnc2)cc1. The Morgan fingerprint density at radius 3 is 2.47 bits per heavy atom. The van der Waals surface area contributed by atoms with Crippen molar-refractivity contribution in [1.82, 2.24) is 4.98 Å². The van der Waals surface area contributed by atoms with Gasteiger partial charge in [0, 0.05) is 6.20 Å². The molecule has 0 unspecified atom stereocenters. The molecular weight excluding hydrogens is 186 g/mol. The van der Waals surface area contributed by atoms with Crippen molar-refractivity contribution in [2.24, 2.45) is 0 Å². The third-order valence-electron chi connectivity index (χ3n) is 2.20. The van der Waals surface area contributed by atoms with Crippen LogP contribution in [0, 0.1) is 0 Å².